The van der Waals surface area contributed by atoms with Crippen molar-refractivity contribution >= 4 is 11.6 Å². The van der Waals surface area contributed by atoms with Crippen molar-refractivity contribution in [2.75, 3.05) is 26.2 Å². The summed E-state index contributed by atoms with van der Waals surface area (Å²) in [5.41, 5.74) is 0.629. The van der Waals surface area contributed by atoms with Crippen LogP contribution in [0.15, 0.2) is 18.2 Å². The largest absolute Gasteiger partial charge is 0.494 e. The zero-order chi connectivity index (χ0) is 13.0. The molecular weight excluding hydrogens is 255 g/mol. The summed E-state index contributed by atoms with van der Waals surface area (Å²) < 4.78 is 24.5. The van der Waals surface area contributed by atoms with E-state index in [2.05, 4.69) is 0 Å². The average Bonchev–Trinajstić information content (AvgIpc) is 2.42. The van der Waals surface area contributed by atoms with Crippen LogP contribution in [-0.2, 0) is 11.2 Å². The van der Waals surface area contributed by atoms with Crippen LogP contribution < -0.4 is 4.74 Å². The Labute approximate surface area is 112 Å². The SMILES string of the molecule is COc1cccc(CC2(CCl)CCOCC2)c1F. The van der Waals surface area contributed by atoms with Gasteiger partial charge in [-0.25, -0.2) is 4.39 Å². The van der Waals surface area contributed by atoms with Gasteiger partial charge in [-0.15, -0.1) is 11.6 Å². The lowest BCUT2D eigenvalue weighted by atomic mass is 9.77. The van der Waals surface area contributed by atoms with Crippen LogP contribution in [0.2, 0.25) is 0 Å². The summed E-state index contributed by atoms with van der Waals surface area (Å²) in [6.45, 7) is 1.41. The third-order valence-electron chi connectivity index (χ3n) is 3.67. The average molecular weight is 273 g/mol. The molecule has 100 valence electrons. The monoisotopic (exact) mass is 272 g/mol. The summed E-state index contributed by atoms with van der Waals surface area (Å²) in [4.78, 5) is 0. The lowest BCUT2D eigenvalue weighted by Gasteiger charge is -2.35. The van der Waals surface area contributed by atoms with Gasteiger partial charge in [-0.3, -0.25) is 0 Å². The molecule has 0 radical (unpaired) electrons. The van der Waals surface area contributed by atoms with Crippen LogP contribution in [0.3, 0.4) is 0 Å². The van der Waals surface area contributed by atoms with Gasteiger partial charge in [0, 0.05) is 19.1 Å². The zero-order valence-corrected chi connectivity index (χ0v) is 11.3. The van der Waals surface area contributed by atoms with Crippen LogP contribution in [0.1, 0.15) is 18.4 Å². The Kier molecular flexibility index (Phi) is 4.46. The van der Waals surface area contributed by atoms with E-state index in [1.54, 1.807) is 6.07 Å². The number of ether oxygens (including phenoxy) is 2. The minimum atomic E-state index is -0.268. The fourth-order valence-corrected chi connectivity index (χ4v) is 2.78. The second-order valence-electron chi connectivity index (χ2n) is 4.86. The Bertz CT molecular complexity index is 403. The van der Waals surface area contributed by atoms with Crippen molar-refractivity contribution in [3.8, 4) is 5.75 Å². The fraction of sp³-hybridized carbons (Fsp3) is 0.571. The normalized spacial score (nSPS) is 18.6. The maximum absolute atomic E-state index is 14.1. The Morgan fingerprint density at radius 3 is 2.72 bits per heavy atom. The summed E-state index contributed by atoms with van der Waals surface area (Å²) in [5.74, 6) is 0.563. The Balaban J connectivity index is 2.21. The summed E-state index contributed by atoms with van der Waals surface area (Å²) in [7, 11) is 1.48. The number of benzene rings is 1. The van der Waals surface area contributed by atoms with E-state index in [-0.39, 0.29) is 11.2 Å². The van der Waals surface area contributed by atoms with Crippen molar-refractivity contribution in [2.24, 2.45) is 5.41 Å². The van der Waals surface area contributed by atoms with Gasteiger partial charge in [0.05, 0.1) is 7.11 Å². The van der Waals surface area contributed by atoms with Gasteiger partial charge in [-0.05, 0) is 36.3 Å². The number of hydrogen-bond donors (Lipinski definition) is 0. The van der Waals surface area contributed by atoms with Crippen molar-refractivity contribution < 1.29 is 13.9 Å². The number of rotatable bonds is 4. The van der Waals surface area contributed by atoms with E-state index in [9.17, 15) is 4.39 Å². The third kappa shape index (κ3) is 2.78. The molecule has 18 heavy (non-hydrogen) atoms. The lowest BCUT2D eigenvalue weighted by molar-refractivity contribution is 0.0254. The van der Waals surface area contributed by atoms with Gasteiger partial charge in [0.15, 0.2) is 11.6 Å². The van der Waals surface area contributed by atoms with Crippen LogP contribution in [0.5, 0.6) is 5.75 Å². The quantitative estimate of drug-likeness (QED) is 0.782. The Morgan fingerprint density at radius 1 is 1.39 bits per heavy atom. The molecule has 0 aliphatic carbocycles. The molecule has 0 bridgehead atoms. The predicted molar refractivity (Wildman–Crippen MR) is 69.9 cm³/mol. The first-order valence-corrected chi connectivity index (χ1v) is 6.69. The molecule has 4 heteroatoms. The van der Waals surface area contributed by atoms with Gasteiger partial charge >= 0.3 is 0 Å². The van der Waals surface area contributed by atoms with Gasteiger partial charge in [0.1, 0.15) is 0 Å². The highest BCUT2D eigenvalue weighted by Gasteiger charge is 2.33. The standard InChI is InChI=1S/C14H18ClFO2/c1-17-12-4-2-3-11(13(12)16)9-14(10-15)5-7-18-8-6-14/h2-4H,5-10H2,1H3. The first-order chi connectivity index (χ1) is 8.71. The van der Waals surface area contributed by atoms with Crippen molar-refractivity contribution in [1.29, 1.82) is 0 Å². The van der Waals surface area contributed by atoms with E-state index in [1.165, 1.54) is 7.11 Å². The molecule has 1 heterocycles. The van der Waals surface area contributed by atoms with Crippen LogP contribution >= 0.6 is 11.6 Å². The highest BCUT2D eigenvalue weighted by atomic mass is 35.5. The van der Waals surface area contributed by atoms with Gasteiger partial charge in [-0.1, -0.05) is 12.1 Å². The Hall–Kier alpha value is -0.800. The molecule has 2 rings (SSSR count). The lowest BCUT2D eigenvalue weighted by Crippen LogP contribution is -2.33. The molecular formula is C14H18ClFO2. The van der Waals surface area contributed by atoms with Crippen LogP contribution in [0, 0.1) is 11.2 Å². The second-order valence-corrected chi connectivity index (χ2v) is 5.12. The van der Waals surface area contributed by atoms with Crippen LogP contribution in [-0.4, -0.2) is 26.2 Å². The second kappa shape index (κ2) is 5.89. The molecule has 0 spiro atoms. The molecule has 1 aromatic rings. The maximum atomic E-state index is 14.1. The maximum Gasteiger partial charge on any atom is 0.168 e. The zero-order valence-electron chi connectivity index (χ0n) is 10.5. The topological polar surface area (TPSA) is 18.5 Å². The van der Waals surface area contributed by atoms with Gasteiger partial charge in [0.25, 0.3) is 0 Å². The van der Waals surface area contributed by atoms with Crippen molar-refractivity contribution in [3.05, 3.63) is 29.6 Å². The number of alkyl halides is 1. The highest BCUT2D eigenvalue weighted by Crippen LogP contribution is 2.37. The molecule has 1 aliphatic heterocycles. The summed E-state index contributed by atoms with van der Waals surface area (Å²) >= 11 is 6.10. The minimum Gasteiger partial charge on any atom is -0.494 e. The number of hydrogen-bond acceptors (Lipinski definition) is 2. The molecule has 2 nitrogen and oxygen atoms in total. The molecule has 0 amide bonds. The van der Waals surface area contributed by atoms with E-state index in [1.807, 2.05) is 12.1 Å². The Morgan fingerprint density at radius 2 is 2.11 bits per heavy atom. The predicted octanol–water partition coefficient (Wildman–Crippen LogP) is 3.41. The van der Waals surface area contributed by atoms with Gasteiger partial charge in [0.2, 0.25) is 0 Å². The molecule has 1 aliphatic rings. The van der Waals surface area contributed by atoms with E-state index in [0.717, 1.165) is 12.8 Å². The smallest absolute Gasteiger partial charge is 0.168 e. The van der Waals surface area contributed by atoms with E-state index >= 15 is 0 Å². The van der Waals surface area contributed by atoms with Crippen LogP contribution in [0.4, 0.5) is 4.39 Å². The number of halogens is 2. The van der Waals surface area contributed by atoms with E-state index < -0.39 is 0 Å². The first kappa shape index (κ1) is 13.6. The third-order valence-corrected chi connectivity index (χ3v) is 4.23. The molecule has 0 aromatic heterocycles. The first-order valence-electron chi connectivity index (χ1n) is 6.16. The minimum absolute atomic E-state index is 0.0486. The van der Waals surface area contributed by atoms with Gasteiger partial charge < -0.3 is 9.47 Å². The summed E-state index contributed by atoms with van der Waals surface area (Å²) in [6.07, 6.45) is 2.41. The highest BCUT2D eigenvalue weighted by molar-refractivity contribution is 6.18. The fourth-order valence-electron chi connectivity index (χ4n) is 2.42. The summed E-state index contributed by atoms with van der Waals surface area (Å²) in [5, 5.41) is 0. The molecule has 1 aromatic carbocycles. The molecule has 0 saturated carbocycles. The van der Waals surface area contributed by atoms with E-state index in [0.29, 0.717) is 36.8 Å². The van der Waals surface area contributed by atoms with E-state index in [4.69, 9.17) is 21.1 Å². The van der Waals surface area contributed by atoms with Crippen LogP contribution in [0.25, 0.3) is 0 Å². The molecule has 1 fully saturated rings. The molecule has 0 unspecified atom stereocenters. The molecule has 0 atom stereocenters. The summed E-state index contributed by atoms with van der Waals surface area (Å²) in [6, 6.07) is 5.26. The molecule has 0 N–H and O–H groups in total. The number of methoxy groups -OCH3 is 1. The molecule has 1 saturated heterocycles. The van der Waals surface area contributed by atoms with Crippen molar-refractivity contribution in [2.45, 2.75) is 19.3 Å². The van der Waals surface area contributed by atoms with Gasteiger partial charge in [-0.2, -0.15) is 0 Å². The van der Waals surface area contributed by atoms with Crippen molar-refractivity contribution in [1.82, 2.24) is 0 Å². The van der Waals surface area contributed by atoms with Crippen molar-refractivity contribution in [3.63, 3.8) is 0 Å².